The van der Waals surface area contributed by atoms with Crippen LogP contribution in [0.15, 0.2) is 0 Å². The van der Waals surface area contributed by atoms with Crippen LogP contribution in [0.2, 0.25) is 0 Å². The standard InChI is InChI=1S/C3H4F2I2/c1-3(6,7)2(4)5/h2H,1H3. The Bertz CT molecular complexity index is 56.4. The molecule has 0 aromatic heterocycles. The summed E-state index contributed by atoms with van der Waals surface area (Å²) in [5.74, 6) is 0. The van der Waals surface area contributed by atoms with Gasteiger partial charge in [-0.15, -0.1) is 0 Å². The molecule has 0 N–H and O–H groups in total. The molecule has 0 aliphatic heterocycles. The van der Waals surface area contributed by atoms with Gasteiger partial charge in [-0.1, -0.05) is 45.2 Å². The van der Waals surface area contributed by atoms with Crippen LogP contribution < -0.4 is 0 Å². The molecule has 0 spiro atoms. The van der Waals surface area contributed by atoms with E-state index in [0.29, 0.717) is 0 Å². The second-order valence-electron chi connectivity index (χ2n) is 1.26. The predicted molar refractivity (Wildman–Crippen MR) is 42.4 cm³/mol. The van der Waals surface area contributed by atoms with Crippen LogP contribution in [0.4, 0.5) is 8.78 Å². The van der Waals surface area contributed by atoms with E-state index in [2.05, 4.69) is 0 Å². The van der Waals surface area contributed by atoms with Crippen molar-refractivity contribution in [3.63, 3.8) is 0 Å². The van der Waals surface area contributed by atoms with Crippen LogP contribution in [0.3, 0.4) is 0 Å². The maximum Gasteiger partial charge on any atom is 0.261 e. The fraction of sp³-hybridized carbons (Fsp3) is 1.00. The van der Waals surface area contributed by atoms with Crippen LogP contribution in [0, 0.1) is 0 Å². The number of hydrogen-bond acceptors (Lipinski definition) is 0. The maximum atomic E-state index is 11.5. The Hall–Kier alpha value is 1.32. The normalized spacial score (nSPS) is 12.9. The molecule has 0 heterocycles. The minimum absolute atomic E-state index is 0.893. The molecule has 0 saturated heterocycles. The molecule has 0 saturated carbocycles. The van der Waals surface area contributed by atoms with Crippen LogP contribution in [0.25, 0.3) is 0 Å². The first-order valence-electron chi connectivity index (χ1n) is 1.60. The highest BCUT2D eigenvalue weighted by Crippen LogP contribution is 2.33. The Labute approximate surface area is 68.3 Å². The summed E-state index contributed by atoms with van der Waals surface area (Å²) in [4.78, 5) is 0. The molecule has 0 bridgehead atoms. The van der Waals surface area contributed by atoms with E-state index in [9.17, 15) is 8.78 Å². The molecule has 4 heteroatoms. The SMILES string of the molecule is CC(I)(I)C(F)F. The van der Waals surface area contributed by atoms with Gasteiger partial charge in [0.15, 0.2) is 0 Å². The Balaban J connectivity index is 3.54. The van der Waals surface area contributed by atoms with Crippen molar-refractivity contribution in [2.45, 2.75) is 14.8 Å². The smallest absolute Gasteiger partial charge is 0.208 e. The third-order valence-corrected chi connectivity index (χ3v) is 1.32. The van der Waals surface area contributed by atoms with E-state index in [1.165, 1.54) is 6.92 Å². The lowest BCUT2D eigenvalue weighted by atomic mass is 10.5. The molecule has 0 aliphatic carbocycles. The van der Waals surface area contributed by atoms with Gasteiger partial charge in [0.1, 0.15) is 1.43 Å². The summed E-state index contributed by atoms with van der Waals surface area (Å²) in [6, 6.07) is 0. The summed E-state index contributed by atoms with van der Waals surface area (Å²) in [5, 5.41) is 0. The first-order chi connectivity index (χ1) is 2.94. The summed E-state index contributed by atoms with van der Waals surface area (Å²) in [6.45, 7) is 1.48. The average Bonchev–Trinajstić information content (AvgIpc) is 1.31. The molecular weight excluding hydrogens is 328 g/mol. The van der Waals surface area contributed by atoms with Gasteiger partial charge >= 0.3 is 0 Å². The van der Waals surface area contributed by atoms with Crippen LogP contribution in [0.5, 0.6) is 0 Å². The molecule has 0 rings (SSSR count). The van der Waals surface area contributed by atoms with Crippen molar-refractivity contribution in [3.05, 3.63) is 0 Å². The summed E-state index contributed by atoms with van der Waals surface area (Å²) in [6.07, 6.45) is -2.23. The number of halogens is 4. The molecular formula is C3H4F2I2. The Morgan fingerprint density at radius 2 is 1.57 bits per heavy atom. The van der Waals surface area contributed by atoms with E-state index in [-0.39, 0.29) is 0 Å². The van der Waals surface area contributed by atoms with Crippen molar-refractivity contribution < 1.29 is 8.78 Å². The fourth-order valence-electron chi connectivity index (χ4n) is 0. The topological polar surface area (TPSA) is 0 Å². The average molecular weight is 332 g/mol. The summed E-state index contributed by atoms with van der Waals surface area (Å²) in [7, 11) is 0. The number of hydrogen-bond donors (Lipinski definition) is 0. The molecule has 0 aromatic carbocycles. The van der Waals surface area contributed by atoms with E-state index in [4.69, 9.17) is 0 Å². The second kappa shape index (κ2) is 2.75. The lowest BCUT2D eigenvalue weighted by molar-refractivity contribution is 0.150. The van der Waals surface area contributed by atoms with Crippen LogP contribution >= 0.6 is 45.2 Å². The quantitative estimate of drug-likeness (QED) is 0.512. The Morgan fingerprint density at radius 1 is 1.43 bits per heavy atom. The van der Waals surface area contributed by atoms with Gasteiger partial charge in [-0.2, -0.15) is 0 Å². The second-order valence-corrected chi connectivity index (χ2v) is 7.80. The minimum atomic E-state index is -2.23. The van der Waals surface area contributed by atoms with Gasteiger partial charge in [0.05, 0.1) is 0 Å². The molecule has 0 unspecified atom stereocenters. The summed E-state index contributed by atoms with van der Waals surface area (Å²) >= 11 is 3.41. The largest absolute Gasteiger partial charge is 0.261 e. The first-order valence-corrected chi connectivity index (χ1v) is 3.76. The van der Waals surface area contributed by atoms with Crippen molar-refractivity contribution in [1.29, 1.82) is 0 Å². The molecule has 0 amide bonds. The summed E-state index contributed by atoms with van der Waals surface area (Å²) in [5.41, 5.74) is 0. The highest BCUT2D eigenvalue weighted by molar-refractivity contribution is 14.2. The molecule has 0 fully saturated rings. The van der Waals surface area contributed by atoms with Crippen molar-refractivity contribution in [2.24, 2.45) is 0 Å². The van der Waals surface area contributed by atoms with Gasteiger partial charge in [-0.3, -0.25) is 0 Å². The van der Waals surface area contributed by atoms with Crippen LogP contribution in [0.1, 0.15) is 6.92 Å². The predicted octanol–water partition coefficient (Wildman–Crippen LogP) is 2.84. The van der Waals surface area contributed by atoms with Gasteiger partial charge in [-0.05, 0) is 6.92 Å². The fourth-order valence-corrected chi connectivity index (χ4v) is 0. The molecule has 44 valence electrons. The molecule has 0 atom stereocenters. The van der Waals surface area contributed by atoms with Crippen molar-refractivity contribution in [2.75, 3.05) is 0 Å². The Morgan fingerprint density at radius 3 is 1.57 bits per heavy atom. The maximum absolute atomic E-state index is 11.5. The lowest BCUT2D eigenvalue weighted by Crippen LogP contribution is -2.15. The van der Waals surface area contributed by atoms with E-state index in [0.717, 1.165) is 0 Å². The third-order valence-electron chi connectivity index (χ3n) is 0.383. The molecule has 0 aromatic rings. The van der Waals surface area contributed by atoms with E-state index < -0.39 is 7.85 Å². The first kappa shape index (κ1) is 8.32. The molecule has 0 nitrogen and oxygen atoms in total. The number of alkyl halides is 4. The number of rotatable bonds is 1. The lowest BCUT2D eigenvalue weighted by Gasteiger charge is -2.10. The van der Waals surface area contributed by atoms with Crippen molar-refractivity contribution >= 4 is 45.2 Å². The van der Waals surface area contributed by atoms with Gasteiger partial charge in [-0.25, -0.2) is 8.78 Å². The van der Waals surface area contributed by atoms with E-state index in [1.54, 1.807) is 45.2 Å². The van der Waals surface area contributed by atoms with Gasteiger partial charge < -0.3 is 0 Å². The minimum Gasteiger partial charge on any atom is -0.208 e. The zero-order chi connectivity index (χ0) is 6.08. The molecule has 0 aliphatic rings. The van der Waals surface area contributed by atoms with Crippen LogP contribution in [-0.2, 0) is 0 Å². The van der Waals surface area contributed by atoms with Crippen LogP contribution in [-0.4, -0.2) is 7.85 Å². The van der Waals surface area contributed by atoms with Gasteiger partial charge in [0, 0.05) is 0 Å². The van der Waals surface area contributed by atoms with Crippen molar-refractivity contribution in [1.82, 2.24) is 0 Å². The zero-order valence-electron chi connectivity index (χ0n) is 3.59. The monoisotopic (exact) mass is 332 g/mol. The highest BCUT2D eigenvalue weighted by Gasteiger charge is 2.27. The molecule has 0 radical (unpaired) electrons. The van der Waals surface area contributed by atoms with E-state index in [1.807, 2.05) is 0 Å². The van der Waals surface area contributed by atoms with Crippen molar-refractivity contribution in [3.8, 4) is 0 Å². The summed E-state index contributed by atoms with van der Waals surface area (Å²) < 4.78 is 22.2. The Kier molecular flexibility index (Phi) is 3.26. The van der Waals surface area contributed by atoms with E-state index >= 15 is 0 Å². The highest BCUT2D eigenvalue weighted by atomic mass is 127. The van der Waals surface area contributed by atoms with Gasteiger partial charge in [0.2, 0.25) is 0 Å². The zero-order valence-corrected chi connectivity index (χ0v) is 7.90. The third kappa shape index (κ3) is 3.87. The molecule has 7 heavy (non-hydrogen) atoms. The van der Waals surface area contributed by atoms with Gasteiger partial charge in [0.25, 0.3) is 6.43 Å².